The standard InChI is InChI=1S/C22H23ClN4O3S/c1-15-12-21(27(25-15)19-10-5-7-17(23)14-19)24-22(28)16-6-4-11-20(13-16)31(29,30)26-18-8-2-3-9-18/h4-7,10-14,18,26H,2-3,8-9H2,1H3,(H,24,28). The molecule has 0 atom stereocenters. The van der Waals surface area contributed by atoms with Gasteiger partial charge in [-0.3, -0.25) is 4.79 Å². The van der Waals surface area contributed by atoms with Gasteiger partial charge in [-0.05, 0) is 56.2 Å². The minimum absolute atomic E-state index is 0.0440. The average Bonchev–Trinajstić information content (AvgIpc) is 3.37. The van der Waals surface area contributed by atoms with Gasteiger partial charge >= 0.3 is 0 Å². The van der Waals surface area contributed by atoms with Crippen LogP contribution in [-0.2, 0) is 10.0 Å². The number of rotatable bonds is 6. The Hall–Kier alpha value is -2.68. The van der Waals surface area contributed by atoms with Crippen molar-refractivity contribution in [2.24, 2.45) is 0 Å². The zero-order valence-electron chi connectivity index (χ0n) is 17.0. The quantitative estimate of drug-likeness (QED) is 0.575. The monoisotopic (exact) mass is 458 g/mol. The molecule has 3 aromatic rings. The van der Waals surface area contributed by atoms with Crippen LogP contribution < -0.4 is 10.0 Å². The Kier molecular flexibility index (Phi) is 6.13. The van der Waals surface area contributed by atoms with Crippen LogP contribution in [0.15, 0.2) is 59.5 Å². The molecule has 31 heavy (non-hydrogen) atoms. The molecule has 162 valence electrons. The summed E-state index contributed by atoms with van der Waals surface area (Å²) in [6, 6.07) is 14.8. The zero-order valence-corrected chi connectivity index (χ0v) is 18.6. The molecular weight excluding hydrogens is 436 g/mol. The van der Waals surface area contributed by atoms with Gasteiger partial charge < -0.3 is 5.32 Å². The second-order valence-electron chi connectivity index (χ2n) is 7.65. The van der Waals surface area contributed by atoms with Crippen LogP contribution in [0, 0.1) is 6.92 Å². The van der Waals surface area contributed by atoms with E-state index in [-0.39, 0.29) is 16.5 Å². The fourth-order valence-corrected chi connectivity index (χ4v) is 5.25. The lowest BCUT2D eigenvalue weighted by molar-refractivity contribution is 0.102. The third-order valence-electron chi connectivity index (χ3n) is 5.21. The number of amides is 1. The summed E-state index contributed by atoms with van der Waals surface area (Å²) < 4.78 is 29.8. The summed E-state index contributed by atoms with van der Waals surface area (Å²) in [6.45, 7) is 1.82. The molecule has 0 spiro atoms. The second-order valence-corrected chi connectivity index (χ2v) is 9.80. The lowest BCUT2D eigenvalue weighted by Crippen LogP contribution is -2.32. The molecule has 0 bridgehead atoms. The minimum Gasteiger partial charge on any atom is -0.306 e. The topological polar surface area (TPSA) is 93.1 Å². The molecule has 2 aromatic carbocycles. The van der Waals surface area contributed by atoms with Gasteiger partial charge in [-0.15, -0.1) is 0 Å². The number of sulfonamides is 1. The molecule has 9 heteroatoms. The molecule has 0 radical (unpaired) electrons. The van der Waals surface area contributed by atoms with E-state index in [1.165, 1.54) is 12.1 Å². The first-order chi connectivity index (χ1) is 14.8. The number of halogens is 1. The summed E-state index contributed by atoms with van der Waals surface area (Å²) in [5.74, 6) is 0.0307. The van der Waals surface area contributed by atoms with E-state index in [0.717, 1.165) is 25.7 Å². The number of anilines is 1. The molecule has 1 aromatic heterocycles. The SMILES string of the molecule is Cc1cc(NC(=O)c2cccc(S(=O)(=O)NC3CCCC3)c2)n(-c2cccc(Cl)c2)n1. The van der Waals surface area contributed by atoms with Crippen molar-refractivity contribution < 1.29 is 13.2 Å². The van der Waals surface area contributed by atoms with Crippen molar-refractivity contribution in [3.05, 3.63) is 70.9 Å². The highest BCUT2D eigenvalue weighted by atomic mass is 35.5. The number of hydrogen-bond donors (Lipinski definition) is 2. The molecule has 1 saturated carbocycles. The Morgan fingerprint density at radius 1 is 1.10 bits per heavy atom. The van der Waals surface area contributed by atoms with Crippen LogP contribution in [0.3, 0.4) is 0 Å². The van der Waals surface area contributed by atoms with Crippen LogP contribution in [0.2, 0.25) is 5.02 Å². The van der Waals surface area contributed by atoms with Crippen LogP contribution in [0.4, 0.5) is 5.82 Å². The van der Waals surface area contributed by atoms with Crippen LogP contribution in [0.5, 0.6) is 0 Å². The third-order valence-corrected chi connectivity index (χ3v) is 6.96. The van der Waals surface area contributed by atoms with E-state index in [9.17, 15) is 13.2 Å². The molecule has 0 unspecified atom stereocenters. The lowest BCUT2D eigenvalue weighted by atomic mass is 10.2. The number of hydrogen-bond acceptors (Lipinski definition) is 4. The molecule has 1 amide bonds. The highest BCUT2D eigenvalue weighted by molar-refractivity contribution is 7.89. The highest BCUT2D eigenvalue weighted by Crippen LogP contribution is 2.23. The first-order valence-electron chi connectivity index (χ1n) is 10.1. The average molecular weight is 459 g/mol. The van der Waals surface area contributed by atoms with Crippen molar-refractivity contribution in [3.63, 3.8) is 0 Å². The van der Waals surface area contributed by atoms with Gasteiger partial charge in [-0.25, -0.2) is 17.8 Å². The number of aromatic nitrogens is 2. The van der Waals surface area contributed by atoms with Gasteiger partial charge in [0.15, 0.2) is 0 Å². The molecule has 2 N–H and O–H groups in total. The predicted octanol–water partition coefficient (Wildman–Crippen LogP) is 4.31. The minimum atomic E-state index is -3.69. The maximum Gasteiger partial charge on any atom is 0.256 e. The van der Waals surface area contributed by atoms with Gasteiger partial charge in [0.05, 0.1) is 16.3 Å². The van der Waals surface area contributed by atoms with E-state index < -0.39 is 15.9 Å². The molecule has 1 aliphatic carbocycles. The Bertz CT molecular complexity index is 1220. The number of nitrogens with zero attached hydrogens (tertiary/aromatic N) is 2. The van der Waals surface area contributed by atoms with E-state index in [1.807, 2.05) is 13.0 Å². The van der Waals surface area contributed by atoms with Crippen molar-refractivity contribution in [1.29, 1.82) is 0 Å². The molecule has 7 nitrogen and oxygen atoms in total. The number of carbonyl (C=O) groups is 1. The molecule has 1 heterocycles. The third kappa shape index (κ3) is 4.98. The molecular formula is C22H23ClN4O3S. The van der Waals surface area contributed by atoms with Crippen molar-refractivity contribution >= 4 is 33.3 Å². The predicted molar refractivity (Wildman–Crippen MR) is 120 cm³/mol. The van der Waals surface area contributed by atoms with Crippen LogP contribution in [-0.4, -0.2) is 30.1 Å². The fourth-order valence-electron chi connectivity index (χ4n) is 3.72. The first kappa shape index (κ1) is 21.5. The van der Waals surface area contributed by atoms with Gasteiger partial charge in [0.2, 0.25) is 10.0 Å². The van der Waals surface area contributed by atoms with E-state index in [1.54, 1.807) is 41.1 Å². The smallest absolute Gasteiger partial charge is 0.256 e. The van der Waals surface area contributed by atoms with Crippen LogP contribution in [0.1, 0.15) is 41.7 Å². The number of aryl methyl sites for hydroxylation is 1. The Morgan fingerprint density at radius 2 is 1.84 bits per heavy atom. The Balaban J connectivity index is 1.57. The fraction of sp³-hybridized carbons (Fsp3) is 0.273. The number of nitrogens with one attached hydrogen (secondary N) is 2. The van der Waals surface area contributed by atoms with Crippen LogP contribution in [0.25, 0.3) is 5.69 Å². The van der Waals surface area contributed by atoms with E-state index in [4.69, 9.17) is 11.6 Å². The summed E-state index contributed by atoms with van der Waals surface area (Å²) in [5, 5.41) is 7.79. The van der Waals surface area contributed by atoms with Gasteiger partial charge in [0.1, 0.15) is 5.82 Å². The maximum absolute atomic E-state index is 12.9. The Morgan fingerprint density at radius 3 is 2.58 bits per heavy atom. The summed E-state index contributed by atoms with van der Waals surface area (Å²) in [4.78, 5) is 13.0. The molecule has 0 aliphatic heterocycles. The van der Waals surface area contributed by atoms with E-state index in [2.05, 4.69) is 15.1 Å². The van der Waals surface area contributed by atoms with Crippen LogP contribution >= 0.6 is 11.6 Å². The maximum atomic E-state index is 12.9. The normalized spacial score (nSPS) is 14.6. The van der Waals surface area contributed by atoms with Crippen molar-refractivity contribution in [1.82, 2.24) is 14.5 Å². The van der Waals surface area contributed by atoms with E-state index >= 15 is 0 Å². The highest BCUT2D eigenvalue weighted by Gasteiger charge is 2.23. The molecule has 0 saturated heterocycles. The zero-order chi connectivity index (χ0) is 22.0. The molecule has 1 aliphatic rings. The van der Waals surface area contributed by atoms with Gasteiger partial charge in [-0.2, -0.15) is 5.10 Å². The van der Waals surface area contributed by atoms with Gasteiger partial charge in [0, 0.05) is 22.7 Å². The number of benzene rings is 2. The van der Waals surface area contributed by atoms with Crippen molar-refractivity contribution in [2.45, 2.75) is 43.5 Å². The largest absolute Gasteiger partial charge is 0.306 e. The summed E-state index contributed by atoms with van der Waals surface area (Å²) in [6.07, 6.45) is 3.73. The van der Waals surface area contributed by atoms with E-state index in [0.29, 0.717) is 22.2 Å². The molecule has 4 rings (SSSR count). The Labute approximate surface area is 186 Å². The van der Waals surface area contributed by atoms with Gasteiger partial charge in [-0.1, -0.05) is 36.6 Å². The van der Waals surface area contributed by atoms with Crippen molar-refractivity contribution in [3.8, 4) is 5.69 Å². The summed E-state index contributed by atoms with van der Waals surface area (Å²) in [7, 11) is -3.69. The lowest BCUT2D eigenvalue weighted by Gasteiger charge is -2.13. The first-order valence-corrected chi connectivity index (χ1v) is 11.9. The number of carbonyl (C=O) groups excluding carboxylic acids is 1. The van der Waals surface area contributed by atoms with Crippen molar-refractivity contribution in [2.75, 3.05) is 5.32 Å². The van der Waals surface area contributed by atoms with Gasteiger partial charge in [0.25, 0.3) is 5.91 Å². The summed E-state index contributed by atoms with van der Waals surface area (Å²) in [5.41, 5.74) is 1.66. The summed E-state index contributed by atoms with van der Waals surface area (Å²) >= 11 is 6.09. The second kappa shape index (κ2) is 8.82. The molecule has 1 fully saturated rings.